The highest BCUT2D eigenvalue weighted by Crippen LogP contribution is 2.25. The number of anilines is 2. The van der Waals surface area contributed by atoms with Crippen molar-refractivity contribution in [3.63, 3.8) is 0 Å². The van der Waals surface area contributed by atoms with Crippen molar-refractivity contribution in [1.82, 2.24) is 19.4 Å². The topological polar surface area (TPSA) is 102 Å². The Balaban J connectivity index is 1.99. The number of methoxy groups -OCH3 is 1. The predicted molar refractivity (Wildman–Crippen MR) is 128 cm³/mol. The standard InChI is InChI=1S/C23H34N6O4/c1-8-16-20(25-17-12-29(23(31)32-7)13-18(17)33-9-2)22(30)28(6)21(26-16)15-11-24-19(27(4)5)10-14(15)3/h10-11,17-18,25H,8-9,12-13H2,1-7H3. The molecule has 1 fully saturated rings. The van der Waals surface area contributed by atoms with Gasteiger partial charge in [-0.05, 0) is 31.9 Å². The largest absolute Gasteiger partial charge is 0.453 e. The molecule has 180 valence electrons. The monoisotopic (exact) mass is 458 g/mol. The van der Waals surface area contributed by atoms with Crippen LogP contribution in [0.5, 0.6) is 0 Å². The first-order valence-corrected chi connectivity index (χ1v) is 11.2. The maximum Gasteiger partial charge on any atom is 0.409 e. The van der Waals surface area contributed by atoms with E-state index in [9.17, 15) is 9.59 Å². The zero-order valence-corrected chi connectivity index (χ0v) is 20.5. The number of nitrogens with one attached hydrogen (secondary N) is 1. The van der Waals surface area contributed by atoms with Gasteiger partial charge < -0.3 is 24.6 Å². The van der Waals surface area contributed by atoms with Crippen LogP contribution < -0.4 is 15.8 Å². The second kappa shape index (κ2) is 10.2. The summed E-state index contributed by atoms with van der Waals surface area (Å²) in [6.45, 7) is 7.13. The number of ether oxygens (including phenoxy) is 2. The van der Waals surface area contributed by atoms with Crippen molar-refractivity contribution in [3.8, 4) is 11.4 Å². The molecule has 2 aromatic heterocycles. The summed E-state index contributed by atoms with van der Waals surface area (Å²) in [6, 6.07) is 1.73. The van der Waals surface area contributed by atoms with E-state index in [0.717, 1.165) is 16.9 Å². The summed E-state index contributed by atoms with van der Waals surface area (Å²) < 4.78 is 12.2. The van der Waals surface area contributed by atoms with Gasteiger partial charge in [-0.2, -0.15) is 0 Å². The third kappa shape index (κ3) is 4.95. The van der Waals surface area contributed by atoms with Crippen LogP contribution in [0, 0.1) is 6.92 Å². The van der Waals surface area contributed by atoms with Crippen LogP contribution in [-0.4, -0.2) is 78.6 Å². The quantitative estimate of drug-likeness (QED) is 0.673. The molecule has 0 spiro atoms. The third-order valence-electron chi connectivity index (χ3n) is 5.91. The van der Waals surface area contributed by atoms with E-state index in [-0.39, 0.29) is 17.7 Å². The smallest absolute Gasteiger partial charge is 0.409 e. The molecule has 0 saturated carbocycles. The van der Waals surface area contributed by atoms with Crippen molar-refractivity contribution in [2.45, 2.75) is 39.3 Å². The number of carbonyl (C=O) groups excluding carboxylic acids is 1. The Morgan fingerprint density at radius 1 is 1.30 bits per heavy atom. The highest BCUT2D eigenvalue weighted by molar-refractivity contribution is 5.68. The van der Waals surface area contributed by atoms with Gasteiger partial charge >= 0.3 is 6.09 Å². The second-order valence-corrected chi connectivity index (χ2v) is 8.35. The van der Waals surface area contributed by atoms with E-state index in [4.69, 9.17) is 14.5 Å². The minimum absolute atomic E-state index is 0.181. The summed E-state index contributed by atoms with van der Waals surface area (Å²) in [6.07, 6.45) is 1.66. The minimum Gasteiger partial charge on any atom is -0.453 e. The van der Waals surface area contributed by atoms with E-state index in [1.54, 1.807) is 22.7 Å². The lowest BCUT2D eigenvalue weighted by Gasteiger charge is -2.23. The molecule has 2 aromatic rings. The van der Waals surface area contributed by atoms with Gasteiger partial charge in [0.25, 0.3) is 5.56 Å². The Bertz CT molecular complexity index is 1070. The van der Waals surface area contributed by atoms with Crippen molar-refractivity contribution in [2.75, 3.05) is 51.1 Å². The minimum atomic E-state index is -0.412. The summed E-state index contributed by atoms with van der Waals surface area (Å²) in [7, 11) is 6.94. The highest BCUT2D eigenvalue weighted by Gasteiger charge is 2.37. The van der Waals surface area contributed by atoms with E-state index < -0.39 is 6.09 Å². The summed E-state index contributed by atoms with van der Waals surface area (Å²) in [5.74, 6) is 1.41. The van der Waals surface area contributed by atoms with Gasteiger partial charge in [-0.15, -0.1) is 0 Å². The number of aromatic nitrogens is 3. The van der Waals surface area contributed by atoms with Crippen molar-refractivity contribution >= 4 is 17.6 Å². The lowest BCUT2D eigenvalue weighted by Crippen LogP contribution is -2.38. The molecule has 1 aliphatic rings. The fraction of sp³-hybridized carbons (Fsp3) is 0.565. The maximum atomic E-state index is 13.4. The molecule has 1 saturated heterocycles. The van der Waals surface area contributed by atoms with E-state index >= 15 is 0 Å². The van der Waals surface area contributed by atoms with Gasteiger partial charge in [0, 0.05) is 46.1 Å². The van der Waals surface area contributed by atoms with E-state index in [1.165, 1.54) is 7.11 Å². The number of likely N-dealkylation sites (tertiary alicyclic amines) is 1. The molecular formula is C23H34N6O4. The Labute approximate surface area is 194 Å². The summed E-state index contributed by atoms with van der Waals surface area (Å²) in [4.78, 5) is 38.3. The Morgan fingerprint density at radius 2 is 2.03 bits per heavy atom. The van der Waals surface area contributed by atoms with Crippen LogP contribution in [0.15, 0.2) is 17.1 Å². The fourth-order valence-corrected chi connectivity index (χ4v) is 4.07. The molecule has 1 amide bonds. The van der Waals surface area contributed by atoms with Crippen molar-refractivity contribution in [1.29, 1.82) is 0 Å². The molecule has 0 aliphatic carbocycles. The zero-order chi connectivity index (χ0) is 24.3. The fourth-order valence-electron chi connectivity index (χ4n) is 4.07. The average Bonchev–Trinajstić information content (AvgIpc) is 3.19. The van der Waals surface area contributed by atoms with Crippen LogP contribution in [0.3, 0.4) is 0 Å². The van der Waals surface area contributed by atoms with Gasteiger partial charge in [-0.25, -0.2) is 14.8 Å². The molecule has 10 nitrogen and oxygen atoms in total. The molecule has 2 unspecified atom stereocenters. The Morgan fingerprint density at radius 3 is 2.61 bits per heavy atom. The third-order valence-corrected chi connectivity index (χ3v) is 5.91. The van der Waals surface area contributed by atoms with Crippen LogP contribution in [0.1, 0.15) is 25.1 Å². The Kier molecular flexibility index (Phi) is 7.57. The number of rotatable bonds is 7. The number of hydrogen-bond acceptors (Lipinski definition) is 8. The van der Waals surface area contributed by atoms with Crippen LogP contribution in [0.4, 0.5) is 16.3 Å². The lowest BCUT2D eigenvalue weighted by atomic mass is 10.1. The molecule has 3 heterocycles. The highest BCUT2D eigenvalue weighted by atomic mass is 16.5. The van der Waals surface area contributed by atoms with Crippen LogP contribution in [-0.2, 0) is 22.9 Å². The first kappa shape index (κ1) is 24.5. The van der Waals surface area contributed by atoms with Gasteiger partial charge in [0.15, 0.2) is 0 Å². The lowest BCUT2D eigenvalue weighted by molar-refractivity contribution is 0.0614. The number of aryl methyl sites for hydroxylation is 2. The maximum absolute atomic E-state index is 13.4. The number of pyridine rings is 1. The van der Waals surface area contributed by atoms with Gasteiger partial charge in [0.1, 0.15) is 17.3 Å². The van der Waals surface area contributed by atoms with Gasteiger partial charge in [-0.1, -0.05) is 6.92 Å². The first-order chi connectivity index (χ1) is 15.7. The molecule has 33 heavy (non-hydrogen) atoms. The van der Waals surface area contributed by atoms with E-state index in [0.29, 0.717) is 43.3 Å². The molecule has 1 N–H and O–H groups in total. The molecule has 2 atom stereocenters. The van der Waals surface area contributed by atoms with Crippen molar-refractivity contribution < 1.29 is 14.3 Å². The van der Waals surface area contributed by atoms with E-state index in [1.807, 2.05) is 45.8 Å². The average molecular weight is 459 g/mol. The molecule has 1 aliphatic heterocycles. The van der Waals surface area contributed by atoms with Gasteiger partial charge in [0.2, 0.25) is 0 Å². The second-order valence-electron chi connectivity index (χ2n) is 8.35. The zero-order valence-electron chi connectivity index (χ0n) is 20.5. The molecular weight excluding hydrogens is 424 g/mol. The number of nitrogens with zero attached hydrogens (tertiary/aromatic N) is 5. The van der Waals surface area contributed by atoms with Crippen LogP contribution >= 0.6 is 0 Å². The number of hydrogen-bond donors (Lipinski definition) is 1. The number of amides is 1. The number of carbonyl (C=O) groups is 1. The SMILES string of the molecule is CCOC1CN(C(=O)OC)CC1Nc1c(CC)nc(-c2cnc(N(C)C)cc2C)n(C)c1=O. The Hall–Kier alpha value is -3.14. The normalized spacial score (nSPS) is 17.8. The molecule has 10 heteroatoms. The van der Waals surface area contributed by atoms with E-state index in [2.05, 4.69) is 10.3 Å². The van der Waals surface area contributed by atoms with Crippen LogP contribution in [0.2, 0.25) is 0 Å². The van der Waals surface area contributed by atoms with Crippen molar-refractivity contribution in [3.05, 3.63) is 33.9 Å². The molecule has 0 aromatic carbocycles. The van der Waals surface area contributed by atoms with Gasteiger partial charge in [0.05, 0.1) is 31.5 Å². The first-order valence-electron chi connectivity index (χ1n) is 11.2. The van der Waals surface area contributed by atoms with Gasteiger partial charge in [-0.3, -0.25) is 9.36 Å². The predicted octanol–water partition coefficient (Wildman–Crippen LogP) is 2.05. The van der Waals surface area contributed by atoms with Crippen LogP contribution in [0.25, 0.3) is 11.4 Å². The summed E-state index contributed by atoms with van der Waals surface area (Å²) in [5, 5.41) is 3.34. The molecule has 0 bridgehead atoms. The molecule has 3 rings (SSSR count). The molecule has 0 radical (unpaired) electrons. The summed E-state index contributed by atoms with van der Waals surface area (Å²) >= 11 is 0. The van der Waals surface area contributed by atoms with Crippen molar-refractivity contribution in [2.24, 2.45) is 7.05 Å². The summed E-state index contributed by atoms with van der Waals surface area (Å²) in [5.41, 5.74) is 2.71.